The summed E-state index contributed by atoms with van der Waals surface area (Å²) in [4.78, 5) is 11.8. The summed E-state index contributed by atoms with van der Waals surface area (Å²) in [6, 6.07) is 0.279. The van der Waals surface area contributed by atoms with E-state index in [1.165, 1.54) is 0 Å². The summed E-state index contributed by atoms with van der Waals surface area (Å²) in [7, 11) is 0. The van der Waals surface area contributed by atoms with Gasteiger partial charge in [0.2, 0.25) is 0 Å². The second-order valence-electron chi connectivity index (χ2n) is 5.03. The highest BCUT2D eigenvalue weighted by Crippen LogP contribution is 2.27. The van der Waals surface area contributed by atoms with Crippen molar-refractivity contribution >= 4 is 0 Å². The van der Waals surface area contributed by atoms with Gasteiger partial charge in [0.15, 0.2) is 0 Å². The predicted molar refractivity (Wildman–Crippen MR) is 75.0 cm³/mol. The monoisotopic (exact) mass is 275 g/mol. The van der Waals surface area contributed by atoms with E-state index in [1.54, 1.807) is 6.20 Å². The van der Waals surface area contributed by atoms with Crippen LogP contribution in [0.5, 0.6) is 0 Å². The van der Waals surface area contributed by atoms with Crippen molar-refractivity contribution in [3.8, 4) is 0 Å². The maximum Gasteiger partial charge on any atom is 0.139 e. The highest BCUT2D eigenvalue weighted by molar-refractivity contribution is 5.03. The van der Waals surface area contributed by atoms with Gasteiger partial charge in [0.1, 0.15) is 17.8 Å². The molecule has 0 amide bonds. The van der Waals surface area contributed by atoms with Crippen LogP contribution in [0.25, 0.3) is 0 Å². The van der Waals surface area contributed by atoms with Crippen molar-refractivity contribution in [3.05, 3.63) is 36.4 Å². The molecule has 0 radical (unpaired) electrons. The molecule has 20 heavy (non-hydrogen) atoms. The maximum atomic E-state index is 5.97. The molecular formula is C14H21N5O. The van der Waals surface area contributed by atoms with Crippen LogP contribution in [0.4, 0.5) is 0 Å². The van der Waals surface area contributed by atoms with Gasteiger partial charge in [-0.05, 0) is 19.8 Å². The van der Waals surface area contributed by atoms with Crippen molar-refractivity contribution in [3.63, 3.8) is 0 Å². The normalized spacial score (nSPS) is 23.1. The number of H-pyrrole nitrogens is 1. The van der Waals surface area contributed by atoms with E-state index in [0.29, 0.717) is 0 Å². The smallest absolute Gasteiger partial charge is 0.139 e. The number of aryl methyl sites for hydroxylation is 1. The molecule has 6 heteroatoms. The van der Waals surface area contributed by atoms with Gasteiger partial charge in [0.25, 0.3) is 0 Å². The fourth-order valence-electron chi connectivity index (χ4n) is 2.71. The van der Waals surface area contributed by atoms with Crippen LogP contribution < -0.4 is 5.32 Å². The van der Waals surface area contributed by atoms with Crippen molar-refractivity contribution in [1.82, 2.24) is 24.8 Å². The highest BCUT2D eigenvalue weighted by Gasteiger charge is 2.30. The van der Waals surface area contributed by atoms with Crippen LogP contribution >= 0.6 is 0 Å². The Kier molecular flexibility index (Phi) is 4.13. The van der Waals surface area contributed by atoms with E-state index in [0.717, 1.165) is 44.2 Å². The van der Waals surface area contributed by atoms with E-state index in [4.69, 9.17) is 4.74 Å². The summed E-state index contributed by atoms with van der Waals surface area (Å²) in [6.07, 6.45) is 9.68. The zero-order chi connectivity index (χ0) is 13.8. The van der Waals surface area contributed by atoms with E-state index in [-0.39, 0.29) is 12.1 Å². The molecule has 2 atom stereocenters. The Balaban J connectivity index is 1.70. The Morgan fingerprint density at radius 1 is 1.45 bits per heavy atom. The molecule has 2 aromatic heterocycles. The van der Waals surface area contributed by atoms with Gasteiger partial charge in [0, 0.05) is 44.0 Å². The summed E-state index contributed by atoms with van der Waals surface area (Å²) in [6.45, 7) is 4.57. The van der Waals surface area contributed by atoms with E-state index in [9.17, 15) is 0 Å². The minimum Gasteiger partial charge on any atom is -0.369 e. The summed E-state index contributed by atoms with van der Waals surface area (Å²) in [5.41, 5.74) is 0. The predicted octanol–water partition coefficient (Wildman–Crippen LogP) is 1.64. The molecule has 1 saturated heterocycles. The molecule has 0 bridgehead atoms. The number of imidazole rings is 2. The summed E-state index contributed by atoms with van der Waals surface area (Å²) in [5.74, 6) is 1.97. The van der Waals surface area contributed by atoms with Crippen molar-refractivity contribution in [2.75, 3.05) is 6.61 Å². The fraction of sp³-hybridized carbons (Fsp3) is 0.571. The molecule has 1 aliphatic heterocycles. The van der Waals surface area contributed by atoms with Gasteiger partial charge in [0.05, 0.1) is 6.54 Å². The molecule has 3 heterocycles. The minimum absolute atomic E-state index is 0.0219. The van der Waals surface area contributed by atoms with Crippen molar-refractivity contribution < 1.29 is 4.74 Å². The van der Waals surface area contributed by atoms with Gasteiger partial charge >= 0.3 is 0 Å². The second kappa shape index (κ2) is 6.19. The first-order valence-corrected chi connectivity index (χ1v) is 7.22. The largest absolute Gasteiger partial charge is 0.369 e. The number of aromatic amines is 1. The molecular weight excluding hydrogens is 254 g/mol. The minimum atomic E-state index is 0.0219. The first kappa shape index (κ1) is 13.3. The first-order chi connectivity index (χ1) is 9.88. The van der Waals surface area contributed by atoms with E-state index < -0.39 is 0 Å². The topological polar surface area (TPSA) is 67.8 Å². The number of nitrogens with zero attached hydrogens (tertiary/aromatic N) is 3. The number of hydrogen-bond donors (Lipinski definition) is 2. The molecule has 3 rings (SSSR count). The van der Waals surface area contributed by atoms with Gasteiger partial charge in [-0.2, -0.15) is 0 Å². The molecule has 2 aromatic rings. The molecule has 2 N–H and O–H groups in total. The molecule has 0 aromatic carbocycles. The van der Waals surface area contributed by atoms with E-state index in [1.807, 2.05) is 18.6 Å². The van der Waals surface area contributed by atoms with Crippen LogP contribution in [0, 0.1) is 0 Å². The standard InChI is InChI=1S/C14H21N5O/c1-2-19-8-7-17-14(19)13-11(4-3-9-20-13)18-10-12-15-5-6-16-12/h5-8,11,13,18H,2-4,9-10H2,1H3,(H,15,16)/t11-,13-/m0/s1. The van der Waals surface area contributed by atoms with E-state index >= 15 is 0 Å². The number of rotatable bonds is 5. The first-order valence-electron chi connectivity index (χ1n) is 7.22. The van der Waals surface area contributed by atoms with Crippen LogP contribution in [-0.4, -0.2) is 32.2 Å². The Hall–Kier alpha value is -1.66. The average molecular weight is 275 g/mol. The summed E-state index contributed by atoms with van der Waals surface area (Å²) >= 11 is 0. The fourth-order valence-corrected chi connectivity index (χ4v) is 2.71. The van der Waals surface area contributed by atoms with E-state index in [2.05, 4.69) is 31.8 Å². The molecule has 0 aliphatic carbocycles. The van der Waals surface area contributed by atoms with Crippen LogP contribution in [0.2, 0.25) is 0 Å². The Labute approximate surface area is 118 Å². The lowest BCUT2D eigenvalue weighted by atomic mass is 10.0. The lowest BCUT2D eigenvalue weighted by Gasteiger charge is -2.32. The number of hydrogen-bond acceptors (Lipinski definition) is 4. The van der Waals surface area contributed by atoms with Gasteiger partial charge in [-0.1, -0.05) is 0 Å². The molecule has 0 unspecified atom stereocenters. The van der Waals surface area contributed by atoms with Crippen molar-refractivity contribution in [2.24, 2.45) is 0 Å². The maximum absolute atomic E-state index is 5.97. The Bertz CT molecular complexity index is 521. The number of nitrogens with one attached hydrogen (secondary N) is 2. The molecule has 0 saturated carbocycles. The second-order valence-corrected chi connectivity index (χ2v) is 5.03. The van der Waals surface area contributed by atoms with Crippen molar-refractivity contribution in [2.45, 2.75) is 45.0 Å². The molecule has 6 nitrogen and oxygen atoms in total. The third kappa shape index (κ3) is 2.76. The SMILES string of the molecule is CCn1ccnc1[C@H]1OCCC[C@@H]1NCc1ncc[nH]1. The van der Waals surface area contributed by atoms with Crippen LogP contribution in [-0.2, 0) is 17.8 Å². The third-order valence-corrected chi connectivity index (χ3v) is 3.75. The summed E-state index contributed by atoms with van der Waals surface area (Å²) < 4.78 is 8.12. The quantitative estimate of drug-likeness (QED) is 0.870. The summed E-state index contributed by atoms with van der Waals surface area (Å²) in [5, 5.41) is 3.54. The Morgan fingerprint density at radius 2 is 2.40 bits per heavy atom. The molecule has 108 valence electrons. The van der Waals surface area contributed by atoms with Gasteiger partial charge in [-0.15, -0.1) is 0 Å². The zero-order valence-electron chi connectivity index (χ0n) is 11.7. The highest BCUT2D eigenvalue weighted by atomic mass is 16.5. The van der Waals surface area contributed by atoms with Crippen LogP contribution in [0.1, 0.15) is 37.5 Å². The van der Waals surface area contributed by atoms with Gasteiger partial charge in [-0.3, -0.25) is 0 Å². The third-order valence-electron chi connectivity index (χ3n) is 3.75. The molecule has 1 fully saturated rings. The number of aromatic nitrogens is 4. The molecule has 0 spiro atoms. The average Bonchev–Trinajstić information content (AvgIpc) is 3.16. The zero-order valence-corrected chi connectivity index (χ0v) is 11.7. The van der Waals surface area contributed by atoms with Crippen molar-refractivity contribution in [1.29, 1.82) is 0 Å². The molecule has 1 aliphatic rings. The Morgan fingerprint density at radius 3 is 3.20 bits per heavy atom. The van der Waals surface area contributed by atoms with Crippen LogP contribution in [0.15, 0.2) is 24.8 Å². The van der Waals surface area contributed by atoms with Crippen LogP contribution in [0.3, 0.4) is 0 Å². The van der Waals surface area contributed by atoms with Gasteiger partial charge in [-0.25, -0.2) is 9.97 Å². The lowest BCUT2D eigenvalue weighted by Crippen LogP contribution is -2.40. The van der Waals surface area contributed by atoms with Gasteiger partial charge < -0.3 is 19.6 Å². The number of ether oxygens (including phenoxy) is 1. The lowest BCUT2D eigenvalue weighted by molar-refractivity contribution is -0.0183.